The molecule has 0 spiro atoms. The van der Waals surface area contributed by atoms with E-state index < -0.39 is 31.8 Å². The smallest absolute Gasteiger partial charge is 0.396 e. The molecule has 6 nitrogen and oxygen atoms in total. The summed E-state index contributed by atoms with van der Waals surface area (Å²) in [4.78, 5) is 20.9. The summed E-state index contributed by atoms with van der Waals surface area (Å²) in [5.41, 5.74) is 6.03. The molecule has 0 fully saturated rings. The van der Waals surface area contributed by atoms with Gasteiger partial charge in [-0.15, -0.1) is 11.3 Å². The van der Waals surface area contributed by atoms with Crippen LogP contribution in [0.15, 0.2) is 12.4 Å². The fourth-order valence-electron chi connectivity index (χ4n) is 1.74. The minimum Gasteiger partial charge on any atom is -0.396 e. The van der Waals surface area contributed by atoms with Crippen LogP contribution in [0.5, 0.6) is 0 Å². The van der Waals surface area contributed by atoms with Crippen LogP contribution in [0.25, 0.3) is 10.3 Å². The van der Waals surface area contributed by atoms with Gasteiger partial charge < -0.3 is 15.7 Å². The van der Waals surface area contributed by atoms with Crippen molar-refractivity contribution in [3.05, 3.63) is 17.3 Å². The van der Waals surface area contributed by atoms with E-state index in [9.17, 15) is 18.0 Å². The van der Waals surface area contributed by atoms with Gasteiger partial charge in [-0.1, -0.05) is 0 Å². The number of aliphatic hydroxyl groups is 1. The van der Waals surface area contributed by atoms with Crippen LogP contribution in [-0.4, -0.2) is 51.8 Å². The van der Waals surface area contributed by atoms with Crippen LogP contribution in [-0.2, 0) is 0 Å². The number of carbonyl (C=O) groups excluding carboxylic acids is 1. The van der Waals surface area contributed by atoms with Crippen LogP contribution in [0.3, 0.4) is 0 Å². The Hall–Kier alpha value is -1.94. The van der Waals surface area contributed by atoms with Crippen LogP contribution in [0.1, 0.15) is 9.67 Å². The molecule has 2 aromatic heterocycles. The highest BCUT2D eigenvalue weighted by Gasteiger charge is 2.34. The number of anilines is 1. The van der Waals surface area contributed by atoms with Gasteiger partial charge in [0.05, 0.1) is 12.3 Å². The Morgan fingerprint density at radius 3 is 2.62 bits per heavy atom. The van der Waals surface area contributed by atoms with Crippen molar-refractivity contribution in [1.29, 1.82) is 0 Å². The number of nitrogen functional groups attached to an aromatic ring is 1. The summed E-state index contributed by atoms with van der Waals surface area (Å²) >= 11 is 0.873. The number of alkyl halides is 3. The quantitative estimate of drug-likeness (QED) is 0.885. The summed E-state index contributed by atoms with van der Waals surface area (Å²) in [7, 11) is 0. The molecule has 0 saturated heterocycles. The molecule has 3 N–H and O–H groups in total. The maximum absolute atomic E-state index is 12.5. The zero-order valence-electron chi connectivity index (χ0n) is 10.6. The van der Waals surface area contributed by atoms with Crippen LogP contribution in [0, 0.1) is 0 Å². The lowest BCUT2D eigenvalue weighted by molar-refractivity contribution is -0.141. The topological polar surface area (TPSA) is 92.3 Å². The first-order chi connectivity index (χ1) is 9.83. The molecule has 2 aromatic rings. The summed E-state index contributed by atoms with van der Waals surface area (Å²) in [6.45, 7) is -2.48. The number of carbonyl (C=O) groups is 1. The molecule has 0 aliphatic carbocycles. The van der Waals surface area contributed by atoms with Crippen LogP contribution in [0.4, 0.5) is 18.9 Å². The minimum absolute atomic E-state index is 0.00165. The number of aliphatic hydroxyl groups excluding tert-OH is 1. The Balaban J connectivity index is 2.36. The summed E-state index contributed by atoms with van der Waals surface area (Å²) < 4.78 is 37.4. The highest BCUT2D eigenvalue weighted by molar-refractivity contribution is 7.21. The molecule has 2 heterocycles. The van der Waals surface area contributed by atoms with E-state index in [0.29, 0.717) is 9.73 Å². The Morgan fingerprint density at radius 2 is 2.05 bits per heavy atom. The number of halogens is 3. The fraction of sp³-hybridized carbons (Fsp3) is 0.364. The van der Waals surface area contributed by atoms with Gasteiger partial charge in [0.15, 0.2) is 0 Å². The molecule has 0 saturated carbocycles. The molecule has 0 radical (unpaired) electrons. The number of thiophene rings is 1. The molecule has 21 heavy (non-hydrogen) atoms. The second-order valence-corrected chi connectivity index (χ2v) is 5.12. The standard InChI is InChI=1S/C11H11F3N4O2S/c12-11(13,14)5-18(3-4-19)10(20)8-6(15)7-9(21-8)17-2-1-16-7/h1-2,19H,3-5,15H2. The number of amides is 1. The van der Waals surface area contributed by atoms with Gasteiger partial charge in [0, 0.05) is 18.9 Å². The maximum atomic E-state index is 12.5. The zero-order valence-corrected chi connectivity index (χ0v) is 11.4. The molecular formula is C11H11F3N4O2S. The van der Waals surface area contributed by atoms with Gasteiger partial charge in [-0.2, -0.15) is 13.2 Å². The van der Waals surface area contributed by atoms with E-state index in [0.717, 1.165) is 11.3 Å². The Kier molecular flexibility index (Phi) is 4.28. The van der Waals surface area contributed by atoms with E-state index in [-0.39, 0.29) is 16.1 Å². The van der Waals surface area contributed by atoms with E-state index in [1.165, 1.54) is 12.4 Å². The molecular weight excluding hydrogens is 309 g/mol. The number of fused-ring (bicyclic) bond motifs is 1. The lowest BCUT2D eigenvalue weighted by Gasteiger charge is -2.22. The molecule has 10 heteroatoms. The minimum atomic E-state index is -4.56. The Bertz CT molecular complexity index is 658. The molecule has 0 unspecified atom stereocenters. The molecule has 1 amide bonds. The monoisotopic (exact) mass is 320 g/mol. The maximum Gasteiger partial charge on any atom is 0.406 e. The van der Waals surface area contributed by atoms with Crippen molar-refractivity contribution >= 4 is 33.3 Å². The highest BCUT2D eigenvalue weighted by Crippen LogP contribution is 2.32. The van der Waals surface area contributed by atoms with Gasteiger partial charge in [-0.3, -0.25) is 4.79 Å². The van der Waals surface area contributed by atoms with Crippen LogP contribution < -0.4 is 5.73 Å². The van der Waals surface area contributed by atoms with E-state index in [2.05, 4.69) is 9.97 Å². The largest absolute Gasteiger partial charge is 0.406 e. The Labute approximate surface area is 121 Å². The van der Waals surface area contributed by atoms with Crippen LogP contribution >= 0.6 is 11.3 Å². The summed E-state index contributed by atoms with van der Waals surface area (Å²) in [5, 5.41) is 8.82. The van der Waals surface area contributed by atoms with Crippen molar-refractivity contribution in [3.63, 3.8) is 0 Å². The zero-order chi connectivity index (χ0) is 15.6. The van der Waals surface area contributed by atoms with Crippen molar-refractivity contribution < 1.29 is 23.1 Å². The Morgan fingerprint density at radius 1 is 1.38 bits per heavy atom. The average Bonchev–Trinajstić information content (AvgIpc) is 2.74. The first kappa shape index (κ1) is 15.4. The normalized spacial score (nSPS) is 11.8. The predicted octanol–water partition coefficient (Wildman–Crippen LogP) is 1.27. The van der Waals surface area contributed by atoms with E-state index in [1.807, 2.05) is 0 Å². The number of rotatable bonds is 4. The van der Waals surface area contributed by atoms with Gasteiger partial charge >= 0.3 is 6.18 Å². The summed E-state index contributed by atoms with van der Waals surface area (Å²) in [6.07, 6.45) is -1.79. The van der Waals surface area contributed by atoms with Gasteiger partial charge in [0.1, 0.15) is 21.8 Å². The molecule has 2 rings (SSSR count). The van der Waals surface area contributed by atoms with E-state index in [1.54, 1.807) is 0 Å². The van der Waals surface area contributed by atoms with Crippen molar-refractivity contribution in [1.82, 2.24) is 14.9 Å². The molecule has 0 bridgehead atoms. The summed E-state index contributed by atoms with van der Waals surface area (Å²) in [5.74, 6) is -0.899. The number of aromatic nitrogens is 2. The molecule has 0 aromatic carbocycles. The lowest BCUT2D eigenvalue weighted by atomic mass is 10.3. The molecule has 114 valence electrons. The van der Waals surface area contributed by atoms with Gasteiger partial charge in [0.2, 0.25) is 0 Å². The fourth-order valence-corrected chi connectivity index (χ4v) is 2.73. The number of nitrogens with two attached hydrogens (primary N) is 1. The third-order valence-electron chi connectivity index (χ3n) is 2.58. The number of hydrogen-bond acceptors (Lipinski definition) is 6. The first-order valence-electron chi connectivity index (χ1n) is 5.79. The summed E-state index contributed by atoms with van der Waals surface area (Å²) in [6, 6.07) is 0. The average molecular weight is 320 g/mol. The van der Waals surface area contributed by atoms with E-state index >= 15 is 0 Å². The predicted molar refractivity (Wildman–Crippen MR) is 70.9 cm³/mol. The number of nitrogens with zero attached hydrogens (tertiary/aromatic N) is 3. The van der Waals surface area contributed by atoms with Crippen molar-refractivity contribution in [2.75, 3.05) is 25.4 Å². The van der Waals surface area contributed by atoms with Gasteiger partial charge in [0.25, 0.3) is 5.91 Å². The van der Waals surface area contributed by atoms with Crippen molar-refractivity contribution in [2.24, 2.45) is 0 Å². The molecule has 0 aliphatic heterocycles. The van der Waals surface area contributed by atoms with Gasteiger partial charge in [-0.05, 0) is 0 Å². The SMILES string of the molecule is Nc1c(C(=O)N(CCO)CC(F)(F)F)sc2nccnc12. The third kappa shape index (κ3) is 3.39. The highest BCUT2D eigenvalue weighted by atomic mass is 32.1. The second kappa shape index (κ2) is 5.82. The van der Waals surface area contributed by atoms with Gasteiger partial charge in [-0.25, -0.2) is 9.97 Å². The van der Waals surface area contributed by atoms with Crippen LogP contribution in [0.2, 0.25) is 0 Å². The van der Waals surface area contributed by atoms with Crippen molar-refractivity contribution in [2.45, 2.75) is 6.18 Å². The second-order valence-electron chi connectivity index (χ2n) is 4.12. The molecule has 0 atom stereocenters. The number of hydrogen-bond donors (Lipinski definition) is 2. The molecule has 0 aliphatic rings. The van der Waals surface area contributed by atoms with E-state index in [4.69, 9.17) is 10.8 Å². The van der Waals surface area contributed by atoms with Crippen molar-refractivity contribution in [3.8, 4) is 0 Å². The lowest BCUT2D eigenvalue weighted by Crippen LogP contribution is -2.40. The third-order valence-corrected chi connectivity index (χ3v) is 3.68. The first-order valence-corrected chi connectivity index (χ1v) is 6.61.